The molecular formula is C20H29IN4OS. The van der Waals surface area contributed by atoms with Crippen molar-refractivity contribution in [2.45, 2.75) is 33.2 Å². The number of hydrogen-bond donors (Lipinski definition) is 3. The molecule has 2 aromatic rings. The number of carbonyl (C=O) groups is 1. The third-order valence-corrected chi connectivity index (χ3v) is 4.82. The first-order valence-electron chi connectivity index (χ1n) is 8.86. The summed E-state index contributed by atoms with van der Waals surface area (Å²) in [6.45, 7) is 7.46. The number of benzene rings is 1. The first-order valence-corrected chi connectivity index (χ1v) is 9.80. The minimum Gasteiger partial charge on any atom is -0.356 e. The van der Waals surface area contributed by atoms with Crippen molar-refractivity contribution in [2.75, 3.05) is 18.9 Å². The number of nitrogens with one attached hydrogen (secondary N) is 3. The molecule has 1 heterocycles. The van der Waals surface area contributed by atoms with E-state index in [-0.39, 0.29) is 35.8 Å². The number of nitrogens with zero attached hydrogens (tertiary/aromatic N) is 1. The van der Waals surface area contributed by atoms with Gasteiger partial charge in [-0.05, 0) is 46.0 Å². The molecule has 0 fully saturated rings. The average molecular weight is 500 g/mol. The third-order valence-electron chi connectivity index (χ3n) is 4.12. The predicted octanol–water partition coefficient (Wildman–Crippen LogP) is 4.43. The third kappa shape index (κ3) is 7.88. The van der Waals surface area contributed by atoms with Crippen LogP contribution in [0, 0.1) is 5.92 Å². The topological polar surface area (TPSA) is 65.5 Å². The van der Waals surface area contributed by atoms with E-state index in [2.05, 4.69) is 44.7 Å². The SMILES string of the molecule is CN=C(NCc1ccc(NC(=O)C(C)C)cc1)NCC(C)c1ccsc1.I. The van der Waals surface area contributed by atoms with E-state index in [0.29, 0.717) is 12.5 Å². The van der Waals surface area contributed by atoms with Gasteiger partial charge in [-0.25, -0.2) is 0 Å². The number of rotatable bonds is 7. The van der Waals surface area contributed by atoms with Crippen LogP contribution in [0.1, 0.15) is 37.8 Å². The fraction of sp³-hybridized carbons (Fsp3) is 0.400. The molecular weight excluding hydrogens is 471 g/mol. The van der Waals surface area contributed by atoms with E-state index in [1.54, 1.807) is 18.4 Å². The molecule has 1 amide bonds. The van der Waals surface area contributed by atoms with Crippen molar-refractivity contribution in [3.63, 3.8) is 0 Å². The summed E-state index contributed by atoms with van der Waals surface area (Å²) < 4.78 is 0. The lowest BCUT2D eigenvalue weighted by Gasteiger charge is -2.15. The molecule has 2 rings (SSSR count). The Morgan fingerprint density at radius 3 is 2.37 bits per heavy atom. The highest BCUT2D eigenvalue weighted by Crippen LogP contribution is 2.17. The van der Waals surface area contributed by atoms with Gasteiger partial charge < -0.3 is 16.0 Å². The van der Waals surface area contributed by atoms with Crippen LogP contribution in [0.3, 0.4) is 0 Å². The molecule has 1 atom stereocenters. The lowest BCUT2D eigenvalue weighted by Crippen LogP contribution is -2.38. The zero-order valence-corrected chi connectivity index (χ0v) is 19.4. The zero-order chi connectivity index (χ0) is 18.9. The number of hydrogen-bond acceptors (Lipinski definition) is 3. The van der Waals surface area contributed by atoms with E-state index < -0.39 is 0 Å². The molecule has 0 saturated heterocycles. The van der Waals surface area contributed by atoms with Gasteiger partial charge >= 0.3 is 0 Å². The Labute approximate surface area is 183 Å². The van der Waals surface area contributed by atoms with Gasteiger partial charge in [0.2, 0.25) is 5.91 Å². The highest BCUT2D eigenvalue weighted by atomic mass is 127. The van der Waals surface area contributed by atoms with Crippen molar-refractivity contribution in [2.24, 2.45) is 10.9 Å². The lowest BCUT2D eigenvalue weighted by molar-refractivity contribution is -0.118. The maximum absolute atomic E-state index is 11.7. The number of carbonyl (C=O) groups excluding carboxylic acids is 1. The molecule has 0 spiro atoms. The number of thiophene rings is 1. The number of guanidine groups is 1. The molecule has 3 N–H and O–H groups in total. The summed E-state index contributed by atoms with van der Waals surface area (Å²) >= 11 is 1.72. The highest BCUT2D eigenvalue weighted by molar-refractivity contribution is 14.0. The molecule has 0 bridgehead atoms. The average Bonchev–Trinajstić information content (AvgIpc) is 3.17. The maximum atomic E-state index is 11.7. The fourth-order valence-electron chi connectivity index (χ4n) is 2.32. The maximum Gasteiger partial charge on any atom is 0.226 e. The summed E-state index contributed by atoms with van der Waals surface area (Å²) in [6.07, 6.45) is 0. The monoisotopic (exact) mass is 500 g/mol. The van der Waals surface area contributed by atoms with Gasteiger partial charge in [-0.3, -0.25) is 9.79 Å². The van der Waals surface area contributed by atoms with Crippen LogP contribution >= 0.6 is 35.3 Å². The minimum atomic E-state index is -0.0257. The van der Waals surface area contributed by atoms with Crippen LogP contribution in [-0.2, 0) is 11.3 Å². The van der Waals surface area contributed by atoms with Crippen molar-refractivity contribution in [3.05, 3.63) is 52.2 Å². The van der Waals surface area contributed by atoms with E-state index in [1.807, 2.05) is 38.1 Å². The fourth-order valence-corrected chi connectivity index (χ4v) is 3.10. The van der Waals surface area contributed by atoms with E-state index in [0.717, 1.165) is 23.8 Å². The molecule has 7 heteroatoms. The van der Waals surface area contributed by atoms with Gasteiger partial charge in [-0.15, -0.1) is 24.0 Å². The lowest BCUT2D eigenvalue weighted by atomic mass is 10.1. The molecule has 148 valence electrons. The first-order chi connectivity index (χ1) is 12.5. The van der Waals surface area contributed by atoms with Crippen molar-refractivity contribution < 1.29 is 4.79 Å². The largest absolute Gasteiger partial charge is 0.356 e. The van der Waals surface area contributed by atoms with Gasteiger partial charge in [0.1, 0.15) is 0 Å². The predicted molar refractivity (Wildman–Crippen MR) is 126 cm³/mol. The Morgan fingerprint density at radius 1 is 1.11 bits per heavy atom. The van der Waals surface area contributed by atoms with Crippen LogP contribution in [0.5, 0.6) is 0 Å². The van der Waals surface area contributed by atoms with E-state index in [4.69, 9.17) is 0 Å². The van der Waals surface area contributed by atoms with Gasteiger partial charge in [0.05, 0.1) is 0 Å². The normalized spacial score (nSPS) is 12.3. The molecule has 1 aromatic carbocycles. The molecule has 0 radical (unpaired) electrons. The summed E-state index contributed by atoms with van der Waals surface area (Å²) in [5, 5.41) is 13.9. The zero-order valence-electron chi connectivity index (χ0n) is 16.3. The van der Waals surface area contributed by atoms with Gasteiger partial charge in [0.15, 0.2) is 5.96 Å². The molecule has 0 aliphatic carbocycles. The Hall–Kier alpha value is -1.61. The molecule has 0 aliphatic heterocycles. The second-order valence-corrected chi connectivity index (χ2v) is 7.39. The second kappa shape index (κ2) is 12.0. The van der Waals surface area contributed by atoms with Crippen LogP contribution in [-0.4, -0.2) is 25.5 Å². The van der Waals surface area contributed by atoms with Crippen LogP contribution in [0.15, 0.2) is 46.1 Å². The van der Waals surface area contributed by atoms with Gasteiger partial charge in [-0.2, -0.15) is 11.3 Å². The molecule has 1 unspecified atom stereocenters. The molecule has 0 saturated carbocycles. The van der Waals surface area contributed by atoms with Gasteiger partial charge in [0, 0.05) is 31.7 Å². The van der Waals surface area contributed by atoms with E-state index >= 15 is 0 Å². The standard InChI is InChI=1S/C20H28N4OS.HI/c1-14(2)19(25)24-18-7-5-16(6-8-18)12-23-20(21-4)22-11-15(3)17-9-10-26-13-17;/h5-10,13-15H,11-12H2,1-4H3,(H,24,25)(H2,21,22,23);1H. The number of amides is 1. The Bertz CT molecular complexity index is 714. The minimum absolute atomic E-state index is 0. The molecule has 0 aliphatic rings. The van der Waals surface area contributed by atoms with Crippen LogP contribution in [0.2, 0.25) is 0 Å². The highest BCUT2D eigenvalue weighted by Gasteiger charge is 2.08. The quantitative estimate of drug-likeness (QED) is 0.300. The van der Waals surface area contributed by atoms with Crippen molar-refractivity contribution in [1.82, 2.24) is 10.6 Å². The summed E-state index contributed by atoms with van der Waals surface area (Å²) in [5.41, 5.74) is 3.29. The Morgan fingerprint density at radius 2 is 1.81 bits per heavy atom. The van der Waals surface area contributed by atoms with Crippen molar-refractivity contribution in [1.29, 1.82) is 0 Å². The van der Waals surface area contributed by atoms with Crippen molar-refractivity contribution >= 4 is 52.9 Å². The van der Waals surface area contributed by atoms with Gasteiger partial charge in [-0.1, -0.05) is 32.9 Å². The smallest absolute Gasteiger partial charge is 0.226 e. The summed E-state index contributed by atoms with van der Waals surface area (Å²) in [7, 11) is 1.77. The van der Waals surface area contributed by atoms with Crippen molar-refractivity contribution in [3.8, 4) is 0 Å². The van der Waals surface area contributed by atoms with E-state index in [1.165, 1.54) is 5.56 Å². The number of halogens is 1. The summed E-state index contributed by atoms with van der Waals surface area (Å²) in [6, 6.07) is 10.0. The summed E-state index contributed by atoms with van der Waals surface area (Å²) in [5.74, 6) is 1.22. The molecule has 27 heavy (non-hydrogen) atoms. The Kier molecular flexibility index (Phi) is 10.4. The Balaban J connectivity index is 0.00000364. The molecule has 5 nitrogen and oxygen atoms in total. The first kappa shape index (κ1) is 23.4. The number of anilines is 1. The van der Waals surface area contributed by atoms with E-state index in [9.17, 15) is 4.79 Å². The van der Waals surface area contributed by atoms with Crippen LogP contribution in [0.4, 0.5) is 5.69 Å². The summed E-state index contributed by atoms with van der Waals surface area (Å²) in [4.78, 5) is 16.0. The molecule has 1 aromatic heterocycles. The second-order valence-electron chi connectivity index (χ2n) is 6.61. The number of aliphatic imine (C=N–C) groups is 1. The van der Waals surface area contributed by atoms with Gasteiger partial charge in [0.25, 0.3) is 0 Å². The van der Waals surface area contributed by atoms with Crippen LogP contribution in [0.25, 0.3) is 0 Å². The van der Waals surface area contributed by atoms with Crippen LogP contribution < -0.4 is 16.0 Å².